The number of fused-ring (bicyclic) bond motifs is 3. The van der Waals surface area contributed by atoms with Gasteiger partial charge in [-0.1, -0.05) is 11.8 Å². The third-order valence-electron chi connectivity index (χ3n) is 3.89. The van der Waals surface area contributed by atoms with Crippen LogP contribution in [0.15, 0.2) is 23.0 Å². The summed E-state index contributed by atoms with van der Waals surface area (Å²) in [7, 11) is 3.98. The molecule has 2 aromatic heterocycles. The molecule has 5 nitrogen and oxygen atoms in total. The lowest BCUT2D eigenvalue weighted by atomic mass is 10.1. The van der Waals surface area contributed by atoms with E-state index >= 15 is 0 Å². The number of hydrogen-bond donors (Lipinski definition) is 1. The van der Waals surface area contributed by atoms with Gasteiger partial charge in [-0.2, -0.15) is 5.10 Å². The molecule has 0 unspecified atom stereocenters. The highest BCUT2D eigenvalue weighted by atomic mass is 16.1. The fourth-order valence-corrected chi connectivity index (χ4v) is 2.78. The Balaban J connectivity index is 2.29. The molecule has 1 N–H and O–H groups in total. The molecule has 1 aromatic carbocycles. The maximum atomic E-state index is 12.7. The lowest BCUT2D eigenvalue weighted by molar-refractivity contribution is 0.464. The van der Waals surface area contributed by atoms with Crippen molar-refractivity contribution in [3.63, 3.8) is 0 Å². The first kappa shape index (κ1) is 15.3. The summed E-state index contributed by atoms with van der Waals surface area (Å²) in [6.07, 6.45) is 0. The molecule has 0 fully saturated rings. The quantitative estimate of drug-likeness (QED) is 0.738. The van der Waals surface area contributed by atoms with Crippen LogP contribution in [0.4, 0.5) is 0 Å². The van der Waals surface area contributed by atoms with Gasteiger partial charge in [0, 0.05) is 23.2 Å². The summed E-state index contributed by atoms with van der Waals surface area (Å²) in [5.41, 5.74) is 3.37. The fourth-order valence-electron chi connectivity index (χ4n) is 2.78. The number of rotatable bonds is 2. The standard InChI is InChI=1S/C18H20N4O/c1-5-22-15-9-8-13(7-6-10-21(3)4)11-14(15)17-16(18(22)23)12(2)19-20-17/h8-9,11H,5,10H2,1-4H3,(H,19,20). The Morgan fingerprint density at radius 1 is 1.35 bits per heavy atom. The fraction of sp³-hybridized carbons (Fsp3) is 0.333. The monoisotopic (exact) mass is 308 g/mol. The van der Waals surface area contributed by atoms with E-state index in [0.29, 0.717) is 18.5 Å². The second kappa shape index (κ2) is 5.90. The van der Waals surface area contributed by atoms with Crippen LogP contribution in [0.25, 0.3) is 21.8 Å². The van der Waals surface area contributed by atoms with E-state index in [2.05, 4.69) is 22.0 Å². The van der Waals surface area contributed by atoms with E-state index in [9.17, 15) is 4.79 Å². The number of H-pyrrole nitrogens is 1. The first-order valence-electron chi connectivity index (χ1n) is 7.67. The molecule has 5 heteroatoms. The van der Waals surface area contributed by atoms with Crippen LogP contribution in [-0.4, -0.2) is 40.3 Å². The summed E-state index contributed by atoms with van der Waals surface area (Å²) >= 11 is 0. The minimum atomic E-state index is 0.00712. The first-order chi connectivity index (χ1) is 11.0. The van der Waals surface area contributed by atoms with Crippen molar-refractivity contribution in [2.45, 2.75) is 20.4 Å². The van der Waals surface area contributed by atoms with Crippen molar-refractivity contribution in [2.24, 2.45) is 0 Å². The van der Waals surface area contributed by atoms with Crippen molar-refractivity contribution >= 4 is 21.8 Å². The predicted molar refractivity (Wildman–Crippen MR) is 93.7 cm³/mol. The Kier molecular flexibility index (Phi) is 3.93. The van der Waals surface area contributed by atoms with Gasteiger partial charge in [-0.3, -0.25) is 14.8 Å². The molecule has 0 amide bonds. The van der Waals surface area contributed by atoms with Crippen LogP contribution < -0.4 is 5.56 Å². The molecular weight excluding hydrogens is 288 g/mol. The summed E-state index contributed by atoms with van der Waals surface area (Å²) in [5.74, 6) is 6.31. The van der Waals surface area contributed by atoms with Gasteiger partial charge in [-0.25, -0.2) is 0 Å². The zero-order chi connectivity index (χ0) is 16.6. The average molecular weight is 308 g/mol. The Morgan fingerprint density at radius 2 is 2.13 bits per heavy atom. The molecule has 3 rings (SSSR count). The van der Waals surface area contributed by atoms with Crippen LogP contribution in [0.3, 0.4) is 0 Å². The minimum absolute atomic E-state index is 0.00712. The van der Waals surface area contributed by atoms with Gasteiger partial charge < -0.3 is 4.57 Å². The topological polar surface area (TPSA) is 53.9 Å². The molecule has 0 bridgehead atoms. The highest BCUT2D eigenvalue weighted by molar-refractivity contribution is 6.04. The van der Waals surface area contributed by atoms with Gasteiger partial charge >= 0.3 is 0 Å². The third-order valence-corrected chi connectivity index (χ3v) is 3.89. The Labute approximate surface area is 134 Å². The summed E-state index contributed by atoms with van der Waals surface area (Å²) < 4.78 is 1.79. The van der Waals surface area contributed by atoms with Crippen LogP contribution in [0.1, 0.15) is 18.2 Å². The zero-order valence-corrected chi connectivity index (χ0v) is 13.9. The number of nitrogens with zero attached hydrogens (tertiary/aromatic N) is 3. The largest absolute Gasteiger partial charge is 0.308 e. The number of benzene rings is 1. The molecule has 2 heterocycles. The maximum Gasteiger partial charge on any atom is 0.262 e. The lowest BCUT2D eigenvalue weighted by Crippen LogP contribution is -2.20. The summed E-state index contributed by atoms with van der Waals surface area (Å²) in [6, 6.07) is 5.94. The molecule has 0 saturated heterocycles. The molecule has 118 valence electrons. The van der Waals surface area contributed by atoms with E-state index in [-0.39, 0.29) is 5.56 Å². The Hall–Kier alpha value is -2.58. The van der Waals surface area contributed by atoms with Gasteiger partial charge in [-0.05, 0) is 46.1 Å². The number of pyridine rings is 1. The highest BCUT2D eigenvalue weighted by Gasteiger charge is 2.14. The summed E-state index contributed by atoms with van der Waals surface area (Å²) in [4.78, 5) is 14.7. The van der Waals surface area contributed by atoms with Crippen LogP contribution in [0, 0.1) is 18.8 Å². The van der Waals surface area contributed by atoms with Crippen molar-refractivity contribution in [1.29, 1.82) is 0 Å². The second-order valence-electron chi connectivity index (χ2n) is 5.89. The minimum Gasteiger partial charge on any atom is -0.308 e. The number of nitrogens with one attached hydrogen (secondary N) is 1. The van der Waals surface area contributed by atoms with Crippen molar-refractivity contribution in [3.8, 4) is 11.8 Å². The van der Waals surface area contributed by atoms with Crippen LogP contribution in [-0.2, 0) is 6.54 Å². The highest BCUT2D eigenvalue weighted by Crippen LogP contribution is 2.23. The molecule has 0 spiro atoms. The molecule has 0 radical (unpaired) electrons. The molecule has 0 aliphatic heterocycles. The Bertz CT molecular complexity index is 999. The van der Waals surface area contributed by atoms with E-state index in [1.165, 1.54) is 0 Å². The SMILES string of the molecule is CCn1c(=O)c2c(C)[nH]nc2c2cc(C#CCN(C)C)ccc21. The van der Waals surface area contributed by atoms with Crippen molar-refractivity contribution in [3.05, 3.63) is 39.8 Å². The smallest absolute Gasteiger partial charge is 0.262 e. The van der Waals surface area contributed by atoms with Crippen molar-refractivity contribution in [1.82, 2.24) is 19.7 Å². The second-order valence-corrected chi connectivity index (χ2v) is 5.89. The third kappa shape index (κ3) is 2.62. The molecule has 0 aliphatic carbocycles. The molecule has 0 aliphatic rings. The van der Waals surface area contributed by atoms with Crippen LogP contribution in [0.5, 0.6) is 0 Å². The van der Waals surface area contributed by atoms with E-state index in [1.54, 1.807) is 4.57 Å². The van der Waals surface area contributed by atoms with E-state index in [0.717, 1.165) is 27.7 Å². The molecule has 0 atom stereocenters. The summed E-state index contributed by atoms with van der Waals surface area (Å²) in [5, 5.41) is 8.90. The van der Waals surface area contributed by atoms with Gasteiger partial charge in [0.25, 0.3) is 5.56 Å². The van der Waals surface area contributed by atoms with Gasteiger partial charge in [0.2, 0.25) is 0 Å². The van der Waals surface area contributed by atoms with Crippen LogP contribution >= 0.6 is 0 Å². The van der Waals surface area contributed by atoms with Gasteiger partial charge in [0.1, 0.15) is 5.52 Å². The first-order valence-corrected chi connectivity index (χ1v) is 7.67. The van der Waals surface area contributed by atoms with Gasteiger partial charge in [0.05, 0.1) is 17.4 Å². The number of aryl methyl sites for hydroxylation is 2. The van der Waals surface area contributed by atoms with Gasteiger partial charge in [0.15, 0.2) is 0 Å². The Morgan fingerprint density at radius 3 is 2.83 bits per heavy atom. The maximum absolute atomic E-state index is 12.7. The zero-order valence-electron chi connectivity index (χ0n) is 13.9. The predicted octanol–water partition coefficient (Wildman–Crippen LogP) is 2.12. The lowest BCUT2D eigenvalue weighted by Gasteiger charge is -2.09. The molecule has 23 heavy (non-hydrogen) atoms. The van der Waals surface area contributed by atoms with Crippen molar-refractivity contribution in [2.75, 3.05) is 20.6 Å². The van der Waals surface area contributed by atoms with Crippen LogP contribution in [0.2, 0.25) is 0 Å². The molecule has 3 aromatic rings. The normalized spacial score (nSPS) is 11.2. The van der Waals surface area contributed by atoms with E-state index < -0.39 is 0 Å². The summed E-state index contributed by atoms with van der Waals surface area (Å²) in [6.45, 7) is 5.20. The molecule has 0 saturated carbocycles. The van der Waals surface area contributed by atoms with Gasteiger partial charge in [-0.15, -0.1) is 0 Å². The van der Waals surface area contributed by atoms with E-state index in [4.69, 9.17) is 0 Å². The average Bonchev–Trinajstić information content (AvgIpc) is 2.90. The number of aromatic amines is 1. The number of aromatic nitrogens is 3. The number of hydrogen-bond acceptors (Lipinski definition) is 3. The van der Waals surface area contributed by atoms with E-state index in [1.807, 2.05) is 51.0 Å². The molecular formula is C18H20N4O. The van der Waals surface area contributed by atoms with Crippen molar-refractivity contribution < 1.29 is 0 Å².